The fraction of sp³-hybridized carbons (Fsp3) is 0.231. The summed E-state index contributed by atoms with van der Waals surface area (Å²) in [5.74, 6) is -1.17. The zero-order valence-electron chi connectivity index (χ0n) is 17.0. The Morgan fingerprint density at radius 3 is 2.00 bits per heavy atom. The largest absolute Gasteiger partial charge is 0.497 e. The molecule has 0 spiro atoms. The van der Waals surface area contributed by atoms with Crippen LogP contribution in [0.25, 0.3) is 0 Å². The van der Waals surface area contributed by atoms with Gasteiger partial charge in [0, 0.05) is 5.92 Å². The van der Waals surface area contributed by atoms with E-state index in [0.29, 0.717) is 11.4 Å². The zero-order valence-corrected chi connectivity index (χ0v) is 17.0. The number of anilines is 1. The molecule has 1 aliphatic heterocycles. The molecule has 3 aliphatic carbocycles. The van der Waals surface area contributed by atoms with E-state index in [-0.39, 0.29) is 24.3 Å². The van der Waals surface area contributed by atoms with Crippen molar-refractivity contribution in [3.63, 3.8) is 0 Å². The first-order valence-electron chi connectivity index (χ1n) is 10.4. The number of hydrogen-bond acceptors (Lipinski definition) is 4. The number of carbonyl (C=O) groups is 2. The molecular weight excluding hydrogens is 390 g/mol. The van der Waals surface area contributed by atoms with E-state index in [1.54, 1.807) is 31.4 Å². The van der Waals surface area contributed by atoms with Crippen LogP contribution in [0.5, 0.6) is 5.75 Å². The second-order valence-electron chi connectivity index (χ2n) is 8.50. The van der Waals surface area contributed by atoms with Gasteiger partial charge < -0.3 is 9.84 Å². The molecule has 0 saturated carbocycles. The zero-order chi connectivity index (χ0) is 21.3. The van der Waals surface area contributed by atoms with Crippen LogP contribution in [-0.2, 0) is 15.0 Å². The van der Waals surface area contributed by atoms with Gasteiger partial charge in [-0.05, 0) is 46.5 Å². The standard InChI is InChI=1S/C26H21NO4/c1-31-16-12-10-15(11-13-16)27-24(29)22-21-17-6-2-4-8-19(17)26(14-28,23(22)25(27)30)20-9-5-3-7-18(20)21/h2-13,21-23,28H,14H2,1H3. The summed E-state index contributed by atoms with van der Waals surface area (Å²) < 4.78 is 5.22. The van der Waals surface area contributed by atoms with Gasteiger partial charge in [-0.2, -0.15) is 0 Å². The third kappa shape index (κ3) is 2.09. The van der Waals surface area contributed by atoms with Crippen molar-refractivity contribution in [2.45, 2.75) is 11.3 Å². The van der Waals surface area contributed by atoms with Crippen LogP contribution < -0.4 is 9.64 Å². The van der Waals surface area contributed by atoms with Crippen molar-refractivity contribution < 1.29 is 19.4 Å². The molecule has 1 fully saturated rings. The third-order valence-electron chi connectivity index (χ3n) is 7.37. The highest BCUT2D eigenvalue weighted by Crippen LogP contribution is 2.64. The Labute approximate surface area is 179 Å². The Morgan fingerprint density at radius 2 is 1.45 bits per heavy atom. The van der Waals surface area contributed by atoms with Gasteiger partial charge in [-0.1, -0.05) is 48.5 Å². The first-order valence-corrected chi connectivity index (χ1v) is 10.4. The van der Waals surface area contributed by atoms with Gasteiger partial charge in [0.1, 0.15) is 5.75 Å². The Morgan fingerprint density at radius 1 is 0.871 bits per heavy atom. The predicted octanol–water partition coefficient (Wildman–Crippen LogP) is 3.24. The lowest BCUT2D eigenvalue weighted by Crippen LogP contribution is -2.55. The van der Waals surface area contributed by atoms with E-state index >= 15 is 0 Å². The Bertz CT molecular complexity index is 1180. The SMILES string of the molecule is COc1ccc(N2C(=O)C3C4c5ccccc5C(CO)(c5ccccc54)C3C2=O)cc1. The minimum absolute atomic E-state index is 0.202. The molecule has 0 radical (unpaired) electrons. The minimum Gasteiger partial charge on any atom is -0.497 e. The third-order valence-corrected chi connectivity index (χ3v) is 7.37. The maximum atomic E-state index is 13.8. The van der Waals surface area contributed by atoms with Crippen molar-refractivity contribution in [2.24, 2.45) is 11.8 Å². The number of benzene rings is 3. The smallest absolute Gasteiger partial charge is 0.239 e. The van der Waals surface area contributed by atoms with E-state index in [4.69, 9.17) is 4.74 Å². The van der Waals surface area contributed by atoms with Gasteiger partial charge in [0.2, 0.25) is 11.8 Å². The van der Waals surface area contributed by atoms with Crippen molar-refractivity contribution >= 4 is 17.5 Å². The van der Waals surface area contributed by atoms with Gasteiger partial charge in [-0.3, -0.25) is 9.59 Å². The van der Waals surface area contributed by atoms with E-state index in [1.807, 2.05) is 48.5 Å². The molecule has 5 heteroatoms. The Balaban J connectivity index is 1.60. The van der Waals surface area contributed by atoms with Crippen molar-refractivity contribution in [1.82, 2.24) is 0 Å². The highest BCUT2D eigenvalue weighted by molar-refractivity contribution is 6.23. The van der Waals surface area contributed by atoms with Gasteiger partial charge in [-0.25, -0.2) is 4.90 Å². The number of ether oxygens (including phenoxy) is 1. The number of hydrogen-bond donors (Lipinski definition) is 1. The lowest BCUT2D eigenvalue weighted by Gasteiger charge is -2.53. The van der Waals surface area contributed by atoms with Crippen LogP contribution in [0.2, 0.25) is 0 Å². The summed E-state index contributed by atoms with van der Waals surface area (Å²) in [6, 6.07) is 22.8. The molecule has 0 aromatic heterocycles. The van der Waals surface area contributed by atoms with Gasteiger partial charge >= 0.3 is 0 Å². The van der Waals surface area contributed by atoms with Crippen LogP contribution in [0.4, 0.5) is 5.69 Å². The van der Waals surface area contributed by atoms with Gasteiger partial charge in [0.05, 0.1) is 36.7 Å². The number of nitrogens with zero attached hydrogens (tertiary/aromatic N) is 1. The number of carbonyl (C=O) groups excluding carboxylic acids is 2. The topological polar surface area (TPSA) is 66.8 Å². The van der Waals surface area contributed by atoms with E-state index in [1.165, 1.54) is 4.90 Å². The summed E-state index contributed by atoms with van der Waals surface area (Å²) in [5.41, 5.74) is 3.59. The first-order chi connectivity index (χ1) is 15.1. The molecule has 2 amide bonds. The summed E-state index contributed by atoms with van der Waals surface area (Å²) in [4.78, 5) is 28.9. The molecular formula is C26H21NO4. The van der Waals surface area contributed by atoms with E-state index in [0.717, 1.165) is 22.3 Å². The van der Waals surface area contributed by atoms with Crippen LogP contribution in [-0.4, -0.2) is 30.6 Å². The van der Waals surface area contributed by atoms with Gasteiger partial charge in [0.25, 0.3) is 0 Å². The van der Waals surface area contributed by atoms with E-state index < -0.39 is 17.3 Å². The molecule has 1 N–H and O–H groups in total. The molecule has 3 aromatic carbocycles. The molecule has 31 heavy (non-hydrogen) atoms. The maximum Gasteiger partial charge on any atom is 0.239 e. The quantitative estimate of drug-likeness (QED) is 0.672. The number of rotatable bonds is 3. The fourth-order valence-electron chi connectivity index (χ4n) is 6.18. The predicted molar refractivity (Wildman–Crippen MR) is 115 cm³/mol. The summed E-state index contributed by atoms with van der Waals surface area (Å²) in [7, 11) is 1.58. The number of amides is 2. The summed E-state index contributed by atoms with van der Waals surface area (Å²) in [6.07, 6.45) is 0. The molecule has 1 heterocycles. The molecule has 2 unspecified atom stereocenters. The van der Waals surface area contributed by atoms with E-state index in [9.17, 15) is 14.7 Å². The van der Waals surface area contributed by atoms with Gasteiger partial charge in [0.15, 0.2) is 0 Å². The normalized spacial score (nSPS) is 27.7. The molecule has 2 atom stereocenters. The van der Waals surface area contributed by atoms with Crippen LogP contribution in [0, 0.1) is 11.8 Å². The highest BCUT2D eigenvalue weighted by atomic mass is 16.5. The van der Waals surface area contributed by atoms with Gasteiger partial charge in [-0.15, -0.1) is 0 Å². The van der Waals surface area contributed by atoms with Crippen molar-refractivity contribution in [3.05, 3.63) is 95.1 Å². The average Bonchev–Trinajstić information content (AvgIpc) is 3.10. The number of methoxy groups -OCH3 is 1. The second-order valence-corrected chi connectivity index (χ2v) is 8.50. The number of aliphatic hydroxyl groups excluding tert-OH is 1. The van der Waals surface area contributed by atoms with Crippen LogP contribution in [0.15, 0.2) is 72.8 Å². The molecule has 154 valence electrons. The Kier molecular flexibility index (Phi) is 3.72. The summed E-state index contributed by atoms with van der Waals surface area (Å²) in [6.45, 7) is -0.232. The van der Waals surface area contributed by atoms with Crippen LogP contribution >= 0.6 is 0 Å². The molecule has 2 bridgehead atoms. The lowest BCUT2D eigenvalue weighted by atomic mass is 9.47. The molecule has 1 saturated heterocycles. The van der Waals surface area contributed by atoms with Crippen molar-refractivity contribution in [3.8, 4) is 5.75 Å². The summed E-state index contributed by atoms with van der Waals surface area (Å²) in [5, 5.41) is 10.8. The van der Waals surface area contributed by atoms with Crippen LogP contribution in [0.3, 0.4) is 0 Å². The highest BCUT2D eigenvalue weighted by Gasteiger charge is 2.68. The van der Waals surface area contributed by atoms with Crippen molar-refractivity contribution in [2.75, 3.05) is 18.6 Å². The maximum absolute atomic E-state index is 13.8. The Hall–Kier alpha value is -3.44. The second kappa shape index (κ2) is 6.28. The first kappa shape index (κ1) is 18.3. The molecule has 5 nitrogen and oxygen atoms in total. The van der Waals surface area contributed by atoms with Crippen molar-refractivity contribution in [1.29, 1.82) is 0 Å². The average molecular weight is 411 g/mol. The molecule has 4 aliphatic rings. The molecule has 7 rings (SSSR count). The summed E-state index contributed by atoms with van der Waals surface area (Å²) >= 11 is 0. The van der Waals surface area contributed by atoms with E-state index in [2.05, 4.69) is 0 Å². The monoisotopic (exact) mass is 411 g/mol. The lowest BCUT2D eigenvalue weighted by molar-refractivity contribution is -0.124. The number of aliphatic hydroxyl groups is 1. The number of imide groups is 1. The fourth-order valence-corrected chi connectivity index (χ4v) is 6.18. The molecule has 3 aromatic rings. The van der Waals surface area contributed by atoms with Crippen LogP contribution in [0.1, 0.15) is 28.2 Å². The minimum atomic E-state index is -0.930.